The van der Waals surface area contributed by atoms with Gasteiger partial charge in [-0.05, 0) is 19.1 Å². The molecular weight excluding hydrogens is 172 g/mol. The summed E-state index contributed by atoms with van der Waals surface area (Å²) in [4.78, 5) is 15.3. The molecular formula is C8H8N2OS. The van der Waals surface area contributed by atoms with E-state index in [1.807, 2.05) is 19.1 Å². The molecule has 12 heavy (non-hydrogen) atoms. The standard InChI is InChI=1S/C8H8N2OS/c1-5-7(11)10-6-3-2-4-9-8(6)12-5/h2-5H,1H3,(H,10,11). The molecule has 1 amide bonds. The summed E-state index contributed by atoms with van der Waals surface area (Å²) < 4.78 is 0. The molecule has 1 aromatic rings. The van der Waals surface area contributed by atoms with Crippen molar-refractivity contribution in [1.82, 2.24) is 4.98 Å². The molecule has 0 aliphatic carbocycles. The molecule has 1 aliphatic heterocycles. The molecule has 62 valence electrons. The first-order valence-corrected chi connectivity index (χ1v) is 4.58. The minimum Gasteiger partial charge on any atom is -0.323 e. The summed E-state index contributed by atoms with van der Waals surface area (Å²) >= 11 is 1.50. The van der Waals surface area contributed by atoms with Crippen LogP contribution in [-0.4, -0.2) is 16.1 Å². The molecule has 1 aromatic heterocycles. The summed E-state index contributed by atoms with van der Waals surface area (Å²) in [6.07, 6.45) is 1.73. The Morgan fingerprint density at radius 3 is 3.33 bits per heavy atom. The normalized spacial score (nSPS) is 21.4. The van der Waals surface area contributed by atoms with Crippen LogP contribution in [0.25, 0.3) is 0 Å². The number of amides is 1. The summed E-state index contributed by atoms with van der Waals surface area (Å²) in [7, 11) is 0. The van der Waals surface area contributed by atoms with Crippen molar-refractivity contribution in [2.75, 3.05) is 5.32 Å². The van der Waals surface area contributed by atoms with Crippen molar-refractivity contribution < 1.29 is 4.79 Å². The van der Waals surface area contributed by atoms with Crippen LogP contribution in [0.4, 0.5) is 5.69 Å². The quantitative estimate of drug-likeness (QED) is 0.658. The molecule has 1 unspecified atom stereocenters. The number of hydrogen-bond donors (Lipinski definition) is 1. The second-order valence-electron chi connectivity index (χ2n) is 2.61. The zero-order chi connectivity index (χ0) is 8.55. The molecule has 0 radical (unpaired) electrons. The number of carbonyl (C=O) groups is 1. The van der Waals surface area contributed by atoms with E-state index in [1.165, 1.54) is 11.8 Å². The third-order valence-electron chi connectivity index (χ3n) is 1.69. The van der Waals surface area contributed by atoms with E-state index < -0.39 is 0 Å². The number of carbonyl (C=O) groups excluding carboxylic acids is 1. The zero-order valence-electron chi connectivity index (χ0n) is 6.57. The number of thioether (sulfide) groups is 1. The van der Waals surface area contributed by atoms with E-state index >= 15 is 0 Å². The van der Waals surface area contributed by atoms with Crippen molar-refractivity contribution in [2.24, 2.45) is 0 Å². The van der Waals surface area contributed by atoms with Crippen LogP contribution >= 0.6 is 11.8 Å². The first kappa shape index (κ1) is 7.61. The van der Waals surface area contributed by atoms with E-state index in [2.05, 4.69) is 10.3 Å². The van der Waals surface area contributed by atoms with Gasteiger partial charge in [0, 0.05) is 6.20 Å². The Labute approximate surface area is 74.6 Å². The molecule has 0 fully saturated rings. The second kappa shape index (κ2) is 2.79. The maximum absolute atomic E-state index is 11.2. The van der Waals surface area contributed by atoms with Gasteiger partial charge in [-0.1, -0.05) is 11.8 Å². The molecule has 0 aromatic carbocycles. The fourth-order valence-corrected chi connectivity index (χ4v) is 1.90. The van der Waals surface area contributed by atoms with Crippen molar-refractivity contribution in [1.29, 1.82) is 0 Å². The van der Waals surface area contributed by atoms with Crippen molar-refractivity contribution in [3.63, 3.8) is 0 Å². The minimum absolute atomic E-state index is 0.0348. The molecule has 0 bridgehead atoms. The van der Waals surface area contributed by atoms with Gasteiger partial charge < -0.3 is 5.32 Å². The largest absolute Gasteiger partial charge is 0.323 e. The summed E-state index contributed by atoms with van der Waals surface area (Å²) in [6, 6.07) is 3.68. The van der Waals surface area contributed by atoms with Gasteiger partial charge in [0.2, 0.25) is 5.91 Å². The number of anilines is 1. The maximum Gasteiger partial charge on any atom is 0.237 e. The van der Waals surface area contributed by atoms with Gasteiger partial charge >= 0.3 is 0 Å². The Morgan fingerprint density at radius 1 is 1.67 bits per heavy atom. The van der Waals surface area contributed by atoms with Gasteiger partial charge in [0.25, 0.3) is 0 Å². The molecule has 2 rings (SSSR count). The molecule has 0 saturated heterocycles. The SMILES string of the molecule is CC1Sc2ncccc2NC1=O. The molecule has 0 spiro atoms. The molecule has 1 aliphatic rings. The number of nitrogens with one attached hydrogen (secondary N) is 1. The van der Waals surface area contributed by atoms with Crippen LogP contribution in [-0.2, 0) is 4.79 Å². The molecule has 1 atom stereocenters. The lowest BCUT2D eigenvalue weighted by atomic mass is 10.3. The third-order valence-corrected chi connectivity index (χ3v) is 2.80. The second-order valence-corrected chi connectivity index (χ2v) is 3.93. The van der Waals surface area contributed by atoms with Gasteiger partial charge in [-0.3, -0.25) is 4.79 Å². The molecule has 4 heteroatoms. The highest BCUT2D eigenvalue weighted by Gasteiger charge is 2.22. The lowest BCUT2D eigenvalue weighted by Crippen LogP contribution is -2.26. The van der Waals surface area contributed by atoms with Gasteiger partial charge in [-0.25, -0.2) is 4.98 Å². The van der Waals surface area contributed by atoms with Crippen molar-refractivity contribution in [3.8, 4) is 0 Å². The summed E-state index contributed by atoms with van der Waals surface area (Å²) in [5.41, 5.74) is 0.825. The number of rotatable bonds is 0. The smallest absolute Gasteiger partial charge is 0.237 e. The van der Waals surface area contributed by atoms with Crippen LogP contribution in [0.1, 0.15) is 6.92 Å². The van der Waals surface area contributed by atoms with E-state index in [4.69, 9.17) is 0 Å². The van der Waals surface area contributed by atoms with Gasteiger partial charge in [0.1, 0.15) is 5.03 Å². The average molecular weight is 180 g/mol. The van der Waals surface area contributed by atoms with Gasteiger partial charge in [0.05, 0.1) is 10.9 Å². The Morgan fingerprint density at radius 2 is 2.50 bits per heavy atom. The van der Waals surface area contributed by atoms with Crippen LogP contribution in [0.5, 0.6) is 0 Å². The number of nitrogens with zero attached hydrogens (tertiary/aromatic N) is 1. The van der Waals surface area contributed by atoms with Crippen LogP contribution < -0.4 is 5.32 Å². The Balaban J connectivity index is 2.40. The third kappa shape index (κ3) is 1.18. The predicted octanol–water partition coefficient (Wildman–Crippen LogP) is 1.51. The first-order valence-electron chi connectivity index (χ1n) is 3.70. The molecule has 3 nitrogen and oxygen atoms in total. The summed E-state index contributed by atoms with van der Waals surface area (Å²) in [5.74, 6) is 0.0560. The minimum atomic E-state index is -0.0348. The van der Waals surface area contributed by atoms with Gasteiger partial charge in [-0.15, -0.1) is 0 Å². The topological polar surface area (TPSA) is 42.0 Å². The van der Waals surface area contributed by atoms with Crippen LogP contribution in [0.3, 0.4) is 0 Å². The Hall–Kier alpha value is -1.03. The highest BCUT2D eigenvalue weighted by Crippen LogP contribution is 2.32. The fraction of sp³-hybridized carbons (Fsp3) is 0.250. The van der Waals surface area contributed by atoms with E-state index in [0.717, 1.165) is 10.7 Å². The first-order chi connectivity index (χ1) is 5.77. The molecule has 0 saturated carbocycles. The number of hydrogen-bond acceptors (Lipinski definition) is 3. The van der Waals surface area contributed by atoms with Crippen LogP contribution in [0.15, 0.2) is 23.4 Å². The summed E-state index contributed by atoms with van der Waals surface area (Å²) in [5, 5.41) is 3.66. The van der Waals surface area contributed by atoms with E-state index in [1.54, 1.807) is 6.20 Å². The number of aromatic nitrogens is 1. The molecule has 1 N–H and O–H groups in total. The van der Waals surface area contributed by atoms with Gasteiger partial charge in [-0.2, -0.15) is 0 Å². The highest BCUT2D eigenvalue weighted by atomic mass is 32.2. The monoisotopic (exact) mass is 180 g/mol. The highest BCUT2D eigenvalue weighted by molar-refractivity contribution is 8.00. The van der Waals surface area contributed by atoms with Crippen molar-refractivity contribution >= 4 is 23.4 Å². The fourth-order valence-electron chi connectivity index (χ4n) is 1.04. The Kier molecular flexibility index (Phi) is 1.77. The lowest BCUT2D eigenvalue weighted by molar-refractivity contribution is -0.115. The predicted molar refractivity (Wildman–Crippen MR) is 48.2 cm³/mol. The van der Waals surface area contributed by atoms with Crippen LogP contribution in [0.2, 0.25) is 0 Å². The van der Waals surface area contributed by atoms with Gasteiger partial charge in [0.15, 0.2) is 0 Å². The number of fused-ring (bicyclic) bond motifs is 1. The summed E-state index contributed by atoms with van der Waals surface area (Å²) in [6.45, 7) is 1.87. The van der Waals surface area contributed by atoms with E-state index in [0.29, 0.717) is 0 Å². The van der Waals surface area contributed by atoms with Crippen molar-refractivity contribution in [2.45, 2.75) is 17.2 Å². The number of pyridine rings is 1. The maximum atomic E-state index is 11.2. The van der Waals surface area contributed by atoms with Crippen molar-refractivity contribution in [3.05, 3.63) is 18.3 Å². The van der Waals surface area contributed by atoms with E-state index in [9.17, 15) is 4.79 Å². The van der Waals surface area contributed by atoms with Crippen LogP contribution in [0, 0.1) is 0 Å². The average Bonchev–Trinajstić information content (AvgIpc) is 2.07. The van der Waals surface area contributed by atoms with E-state index in [-0.39, 0.29) is 11.2 Å². The lowest BCUT2D eigenvalue weighted by Gasteiger charge is -2.19. The Bertz CT molecular complexity index is 327. The molecule has 2 heterocycles. The zero-order valence-corrected chi connectivity index (χ0v) is 7.39.